The number of sulfone groups is 1. The Bertz CT molecular complexity index is 352. The molecule has 0 saturated carbocycles. The van der Waals surface area contributed by atoms with Crippen molar-refractivity contribution in [3.05, 3.63) is 0 Å². The fourth-order valence-corrected chi connectivity index (χ4v) is 3.09. The van der Waals surface area contributed by atoms with Crippen LogP contribution < -0.4 is 5.32 Å². The summed E-state index contributed by atoms with van der Waals surface area (Å²) in [5.74, 6) is 0.368. The monoisotopic (exact) mass is 262 g/mol. The predicted molar refractivity (Wildman–Crippen MR) is 67.6 cm³/mol. The molecule has 1 rings (SSSR count). The highest BCUT2D eigenvalue weighted by Gasteiger charge is 2.21. The standard InChI is InChI=1S/C11H22N2O3S/c1-10(2)12-5-4-11(14)13-6-3-8-17(15,16)9-7-13/h10,12H,3-9H2,1-2H3. The quantitative estimate of drug-likeness (QED) is 0.776. The molecule has 0 bridgehead atoms. The minimum atomic E-state index is -2.93. The average Bonchev–Trinajstić information content (AvgIpc) is 2.38. The number of rotatable bonds is 4. The first kappa shape index (κ1) is 14.4. The summed E-state index contributed by atoms with van der Waals surface area (Å²) in [6, 6.07) is 0.368. The van der Waals surface area contributed by atoms with Crippen molar-refractivity contribution in [3.63, 3.8) is 0 Å². The molecule has 5 nitrogen and oxygen atoms in total. The third kappa shape index (κ3) is 5.50. The molecule has 0 aromatic carbocycles. The van der Waals surface area contributed by atoms with Crippen LogP contribution in [-0.2, 0) is 14.6 Å². The van der Waals surface area contributed by atoms with Gasteiger partial charge in [-0.05, 0) is 6.42 Å². The topological polar surface area (TPSA) is 66.5 Å². The predicted octanol–water partition coefficient (Wildman–Crippen LogP) is 0.0216. The number of carbonyl (C=O) groups is 1. The molecule has 1 amide bonds. The number of amides is 1. The number of hydrogen-bond donors (Lipinski definition) is 1. The van der Waals surface area contributed by atoms with E-state index in [4.69, 9.17) is 0 Å². The summed E-state index contributed by atoms with van der Waals surface area (Å²) in [5.41, 5.74) is 0. The molecular weight excluding hydrogens is 240 g/mol. The van der Waals surface area contributed by atoms with E-state index in [1.54, 1.807) is 4.90 Å². The SMILES string of the molecule is CC(C)NCCC(=O)N1CCCS(=O)(=O)CC1. The van der Waals surface area contributed by atoms with Crippen LogP contribution in [0.3, 0.4) is 0 Å². The van der Waals surface area contributed by atoms with Gasteiger partial charge in [-0.2, -0.15) is 0 Å². The third-order valence-electron chi connectivity index (χ3n) is 2.80. The largest absolute Gasteiger partial charge is 0.342 e. The Labute approximate surface area is 103 Å². The minimum Gasteiger partial charge on any atom is -0.342 e. The van der Waals surface area contributed by atoms with Gasteiger partial charge in [-0.3, -0.25) is 4.79 Å². The normalized spacial score (nSPS) is 20.3. The van der Waals surface area contributed by atoms with Crippen molar-refractivity contribution in [2.24, 2.45) is 0 Å². The van der Waals surface area contributed by atoms with Crippen molar-refractivity contribution >= 4 is 15.7 Å². The second-order valence-electron chi connectivity index (χ2n) is 4.74. The molecule has 0 unspecified atom stereocenters. The van der Waals surface area contributed by atoms with Gasteiger partial charge in [-0.15, -0.1) is 0 Å². The van der Waals surface area contributed by atoms with Crippen LogP contribution in [0, 0.1) is 0 Å². The van der Waals surface area contributed by atoms with Gasteiger partial charge in [0, 0.05) is 32.1 Å². The summed E-state index contributed by atoms with van der Waals surface area (Å²) in [5, 5.41) is 3.18. The van der Waals surface area contributed by atoms with Gasteiger partial charge in [0.1, 0.15) is 0 Å². The van der Waals surface area contributed by atoms with Crippen LogP contribution in [0.2, 0.25) is 0 Å². The van der Waals surface area contributed by atoms with E-state index in [9.17, 15) is 13.2 Å². The van der Waals surface area contributed by atoms with Gasteiger partial charge >= 0.3 is 0 Å². The van der Waals surface area contributed by atoms with E-state index >= 15 is 0 Å². The Morgan fingerprint density at radius 2 is 2.00 bits per heavy atom. The maximum Gasteiger partial charge on any atom is 0.223 e. The van der Waals surface area contributed by atoms with E-state index < -0.39 is 9.84 Å². The zero-order valence-corrected chi connectivity index (χ0v) is 11.4. The first-order valence-electron chi connectivity index (χ1n) is 6.12. The molecule has 1 fully saturated rings. The van der Waals surface area contributed by atoms with Crippen molar-refractivity contribution in [3.8, 4) is 0 Å². The molecule has 1 saturated heterocycles. The van der Waals surface area contributed by atoms with Gasteiger partial charge in [0.2, 0.25) is 5.91 Å². The fourth-order valence-electron chi connectivity index (χ4n) is 1.81. The molecule has 0 spiro atoms. The molecular formula is C11H22N2O3S. The Morgan fingerprint density at radius 3 is 2.65 bits per heavy atom. The Morgan fingerprint density at radius 1 is 1.29 bits per heavy atom. The molecule has 0 atom stereocenters. The van der Waals surface area contributed by atoms with E-state index in [-0.39, 0.29) is 17.4 Å². The highest BCUT2D eigenvalue weighted by molar-refractivity contribution is 7.91. The average molecular weight is 262 g/mol. The van der Waals surface area contributed by atoms with Crippen molar-refractivity contribution in [1.29, 1.82) is 0 Å². The molecule has 0 radical (unpaired) electrons. The summed E-state index contributed by atoms with van der Waals surface area (Å²) in [4.78, 5) is 13.5. The van der Waals surface area contributed by atoms with Crippen LogP contribution >= 0.6 is 0 Å². The summed E-state index contributed by atoms with van der Waals surface area (Å²) in [6.45, 7) is 5.63. The van der Waals surface area contributed by atoms with Crippen molar-refractivity contribution < 1.29 is 13.2 Å². The van der Waals surface area contributed by atoms with Gasteiger partial charge in [-0.25, -0.2) is 8.42 Å². The molecule has 1 aliphatic heterocycles. The van der Waals surface area contributed by atoms with Crippen LogP contribution in [0.4, 0.5) is 0 Å². The van der Waals surface area contributed by atoms with Crippen LogP contribution in [0.25, 0.3) is 0 Å². The number of carbonyl (C=O) groups excluding carboxylic acids is 1. The summed E-state index contributed by atoms with van der Waals surface area (Å²) >= 11 is 0. The van der Waals surface area contributed by atoms with Crippen LogP contribution in [0.5, 0.6) is 0 Å². The van der Waals surface area contributed by atoms with E-state index in [0.29, 0.717) is 38.5 Å². The maximum absolute atomic E-state index is 11.8. The van der Waals surface area contributed by atoms with E-state index in [2.05, 4.69) is 5.32 Å². The summed E-state index contributed by atoms with van der Waals surface area (Å²) < 4.78 is 22.8. The van der Waals surface area contributed by atoms with Gasteiger partial charge < -0.3 is 10.2 Å². The van der Waals surface area contributed by atoms with E-state index in [1.807, 2.05) is 13.8 Å². The molecule has 17 heavy (non-hydrogen) atoms. The molecule has 1 N–H and O–H groups in total. The highest BCUT2D eigenvalue weighted by Crippen LogP contribution is 2.06. The lowest BCUT2D eigenvalue weighted by molar-refractivity contribution is -0.130. The third-order valence-corrected chi connectivity index (χ3v) is 4.52. The number of nitrogens with zero attached hydrogens (tertiary/aromatic N) is 1. The second-order valence-corrected chi connectivity index (χ2v) is 7.05. The van der Waals surface area contributed by atoms with Crippen molar-refractivity contribution in [2.75, 3.05) is 31.1 Å². The minimum absolute atomic E-state index is 0.0512. The lowest BCUT2D eigenvalue weighted by Gasteiger charge is -2.20. The Balaban J connectivity index is 2.37. The lowest BCUT2D eigenvalue weighted by atomic mass is 10.3. The second kappa shape index (κ2) is 6.35. The van der Waals surface area contributed by atoms with Crippen LogP contribution in [0.15, 0.2) is 0 Å². The van der Waals surface area contributed by atoms with Gasteiger partial charge in [0.05, 0.1) is 11.5 Å². The fraction of sp³-hybridized carbons (Fsp3) is 0.909. The first-order chi connectivity index (χ1) is 7.91. The molecule has 6 heteroatoms. The van der Waals surface area contributed by atoms with Crippen LogP contribution in [0.1, 0.15) is 26.7 Å². The molecule has 0 aromatic rings. The van der Waals surface area contributed by atoms with Gasteiger partial charge in [0.25, 0.3) is 0 Å². The molecule has 0 aromatic heterocycles. The molecule has 0 aliphatic carbocycles. The van der Waals surface area contributed by atoms with Crippen molar-refractivity contribution in [2.45, 2.75) is 32.7 Å². The highest BCUT2D eigenvalue weighted by atomic mass is 32.2. The zero-order valence-electron chi connectivity index (χ0n) is 10.6. The van der Waals surface area contributed by atoms with E-state index in [0.717, 1.165) is 0 Å². The molecule has 1 heterocycles. The summed E-state index contributed by atoms with van der Waals surface area (Å²) in [7, 11) is -2.93. The van der Waals surface area contributed by atoms with Crippen LogP contribution in [-0.4, -0.2) is 56.4 Å². The van der Waals surface area contributed by atoms with E-state index in [1.165, 1.54) is 0 Å². The lowest BCUT2D eigenvalue weighted by Crippen LogP contribution is -2.36. The summed E-state index contributed by atoms with van der Waals surface area (Å²) in [6.07, 6.45) is 1.00. The molecule has 100 valence electrons. The van der Waals surface area contributed by atoms with Gasteiger partial charge in [-0.1, -0.05) is 13.8 Å². The zero-order chi connectivity index (χ0) is 12.9. The maximum atomic E-state index is 11.8. The first-order valence-corrected chi connectivity index (χ1v) is 7.94. The Hall–Kier alpha value is -0.620. The molecule has 1 aliphatic rings. The smallest absolute Gasteiger partial charge is 0.223 e. The number of nitrogens with one attached hydrogen (secondary N) is 1. The van der Waals surface area contributed by atoms with Gasteiger partial charge in [0.15, 0.2) is 9.84 Å². The number of hydrogen-bond acceptors (Lipinski definition) is 4. The Kier molecular flexibility index (Phi) is 5.39. The van der Waals surface area contributed by atoms with Crippen molar-refractivity contribution in [1.82, 2.24) is 10.2 Å².